The largest absolute Gasteiger partial charge is 0.348 e. The fourth-order valence-corrected chi connectivity index (χ4v) is 5.70. The maximum atomic E-state index is 13.2. The molecule has 0 aliphatic carbocycles. The monoisotopic (exact) mass is 604 g/mol. The summed E-state index contributed by atoms with van der Waals surface area (Å²) in [6.07, 6.45) is 6.44. The van der Waals surface area contributed by atoms with Gasteiger partial charge in [0.25, 0.3) is 15.9 Å². The van der Waals surface area contributed by atoms with E-state index in [1.54, 1.807) is 34.9 Å². The highest BCUT2D eigenvalue weighted by Crippen LogP contribution is 2.34. The fourth-order valence-electron chi connectivity index (χ4n) is 3.00. The molecule has 12 heteroatoms. The van der Waals surface area contributed by atoms with Gasteiger partial charge in [-0.05, 0) is 70.6 Å². The van der Waals surface area contributed by atoms with Gasteiger partial charge >= 0.3 is 0 Å². The van der Waals surface area contributed by atoms with Crippen LogP contribution in [0.4, 0.5) is 10.1 Å². The lowest BCUT2D eigenvalue weighted by molar-refractivity contribution is 0.0952. The fraction of sp³-hybridized carbons (Fsp3) is 0.0500. The lowest BCUT2D eigenvalue weighted by atomic mass is 10.1. The zero-order valence-electron chi connectivity index (χ0n) is 16.1. The van der Waals surface area contributed by atoms with E-state index in [-0.39, 0.29) is 27.7 Å². The molecular weight excluding hydrogens is 590 g/mol. The summed E-state index contributed by atoms with van der Waals surface area (Å²) in [5, 5.41) is 2.88. The van der Waals surface area contributed by atoms with Crippen LogP contribution >= 0.6 is 46.3 Å². The molecule has 1 amide bonds. The third-order valence-electron chi connectivity index (χ3n) is 4.52. The van der Waals surface area contributed by atoms with Crippen LogP contribution < -0.4 is 14.8 Å². The van der Waals surface area contributed by atoms with E-state index in [1.807, 2.05) is 22.6 Å². The van der Waals surface area contributed by atoms with Gasteiger partial charge in [0, 0.05) is 27.5 Å². The first-order chi connectivity index (χ1) is 15.2. The molecule has 0 radical (unpaired) electrons. The summed E-state index contributed by atoms with van der Waals surface area (Å²) >= 11 is 9.29. The summed E-state index contributed by atoms with van der Waals surface area (Å²) in [4.78, 5) is 12.9. The second-order valence-corrected chi connectivity index (χ2v) is 10.8. The van der Waals surface area contributed by atoms with E-state index in [2.05, 4.69) is 14.8 Å². The van der Waals surface area contributed by atoms with Crippen LogP contribution in [0.1, 0.15) is 15.9 Å². The molecule has 0 unspecified atom stereocenters. The Morgan fingerprint density at radius 1 is 1.25 bits per heavy atom. The predicted molar refractivity (Wildman–Crippen MR) is 132 cm³/mol. The number of nitrogens with one attached hydrogen (secondary N) is 3. The van der Waals surface area contributed by atoms with Crippen molar-refractivity contribution < 1.29 is 17.6 Å². The summed E-state index contributed by atoms with van der Waals surface area (Å²) in [5.41, 5.74) is 1.30. The van der Waals surface area contributed by atoms with Crippen LogP contribution in [0.5, 0.6) is 0 Å². The first-order valence-electron chi connectivity index (χ1n) is 9.10. The maximum Gasteiger partial charge on any atom is 0.264 e. The Labute approximate surface area is 207 Å². The van der Waals surface area contributed by atoms with Crippen molar-refractivity contribution in [2.45, 2.75) is 6.54 Å². The van der Waals surface area contributed by atoms with Gasteiger partial charge in [-0.2, -0.15) is 0 Å². The molecule has 0 bridgehead atoms. The molecule has 166 valence electrons. The molecule has 2 aromatic carbocycles. The highest BCUT2D eigenvalue weighted by molar-refractivity contribution is 14.1. The zero-order valence-corrected chi connectivity index (χ0v) is 20.6. The SMILES string of the molecule is O=C(NCc1ccc(F)cc1Cl)c1ccc(I)cc1NS(=O)(=O)C1=CC=CN2SNC=C12. The van der Waals surface area contributed by atoms with E-state index in [4.69, 9.17) is 11.6 Å². The molecule has 0 fully saturated rings. The van der Waals surface area contributed by atoms with Gasteiger partial charge in [0.05, 0.1) is 29.1 Å². The number of hydrogen-bond donors (Lipinski definition) is 3. The molecule has 3 N–H and O–H groups in total. The third kappa shape index (κ3) is 4.90. The Morgan fingerprint density at radius 2 is 2.06 bits per heavy atom. The number of carbonyl (C=O) groups is 1. The van der Waals surface area contributed by atoms with Gasteiger partial charge in [-0.1, -0.05) is 17.7 Å². The van der Waals surface area contributed by atoms with Crippen LogP contribution in [0.3, 0.4) is 0 Å². The molecule has 0 aromatic heterocycles. The number of carbonyl (C=O) groups excluding carboxylic acids is 1. The first-order valence-corrected chi connectivity index (χ1v) is 12.8. The molecule has 7 nitrogen and oxygen atoms in total. The van der Waals surface area contributed by atoms with Crippen LogP contribution in [-0.2, 0) is 16.6 Å². The number of rotatable bonds is 6. The van der Waals surface area contributed by atoms with Gasteiger partial charge in [-0.3, -0.25) is 13.8 Å². The minimum absolute atomic E-state index is 0.0524. The van der Waals surface area contributed by atoms with E-state index >= 15 is 0 Å². The summed E-state index contributed by atoms with van der Waals surface area (Å²) in [7, 11) is -3.99. The molecule has 32 heavy (non-hydrogen) atoms. The zero-order chi connectivity index (χ0) is 22.9. The molecule has 0 spiro atoms. The number of sulfonamides is 1. The molecule has 2 aliphatic rings. The standard InChI is InChI=1S/C20H15ClFIN4O3S2/c21-16-8-13(22)4-3-12(16)10-24-20(28)15-6-5-14(23)9-17(15)26-32(29,30)19-2-1-7-27-18(19)11-25-31-27/h1-9,11,25-26H,10H2,(H,24,28). The van der Waals surface area contributed by atoms with Gasteiger partial charge in [-0.15, -0.1) is 0 Å². The normalized spacial score (nSPS) is 14.9. The van der Waals surface area contributed by atoms with Crippen LogP contribution in [0.25, 0.3) is 0 Å². The van der Waals surface area contributed by atoms with E-state index in [9.17, 15) is 17.6 Å². The first kappa shape index (κ1) is 23.0. The Balaban J connectivity index is 1.57. The lowest BCUT2D eigenvalue weighted by Crippen LogP contribution is -2.26. The summed E-state index contributed by atoms with van der Waals surface area (Å²) < 4.78 is 47.4. The average Bonchev–Trinajstić information content (AvgIpc) is 3.21. The van der Waals surface area contributed by atoms with Gasteiger partial charge in [0.15, 0.2) is 0 Å². The Morgan fingerprint density at radius 3 is 2.84 bits per heavy atom. The van der Waals surface area contributed by atoms with Crippen molar-refractivity contribution in [2.75, 3.05) is 4.72 Å². The quantitative estimate of drug-likeness (QED) is 0.333. The molecule has 2 aliphatic heterocycles. The number of amides is 1. The summed E-state index contributed by atoms with van der Waals surface area (Å²) in [6.45, 7) is 0.0524. The second kappa shape index (κ2) is 9.33. The number of hydrogen-bond acceptors (Lipinski definition) is 6. The van der Waals surface area contributed by atoms with Crippen molar-refractivity contribution in [3.63, 3.8) is 0 Å². The smallest absolute Gasteiger partial charge is 0.264 e. The molecule has 2 heterocycles. The number of benzene rings is 2. The van der Waals surface area contributed by atoms with Crippen molar-refractivity contribution in [3.8, 4) is 0 Å². The van der Waals surface area contributed by atoms with Gasteiger partial charge in [0.2, 0.25) is 0 Å². The highest BCUT2D eigenvalue weighted by atomic mass is 127. The van der Waals surface area contributed by atoms with Crippen molar-refractivity contribution in [2.24, 2.45) is 0 Å². The van der Waals surface area contributed by atoms with Crippen molar-refractivity contribution in [1.82, 2.24) is 14.3 Å². The Bertz CT molecular complexity index is 1300. The highest BCUT2D eigenvalue weighted by Gasteiger charge is 2.30. The predicted octanol–water partition coefficient (Wildman–Crippen LogP) is 4.48. The number of allylic oxidation sites excluding steroid dienone is 2. The third-order valence-corrected chi connectivity index (χ3v) is 7.69. The van der Waals surface area contributed by atoms with E-state index in [0.29, 0.717) is 11.3 Å². The van der Waals surface area contributed by atoms with Gasteiger partial charge in [-0.25, -0.2) is 12.8 Å². The van der Waals surface area contributed by atoms with Crippen molar-refractivity contribution in [3.05, 3.63) is 97.1 Å². The number of fused-ring (bicyclic) bond motifs is 1. The van der Waals surface area contributed by atoms with E-state index < -0.39 is 21.7 Å². The van der Waals surface area contributed by atoms with Crippen LogP contribution in [0.2, 0.25) is 5.02 Å². The maximum absolute atomic E-state index is 13.2. The van der Waals surface area contributed by atoms with Crippen LogP contribution in [0, 0.1) is 9.39 Å². The van der Waals surface area contributed by atoms with Crippen LogP contribution in [-0.4, -0.2) is 18.6 Å². The van der Waals surface area contributed by atoms with Crippen LogP contribution in [0.15, 0.2) is 71.6 Å². The Kier molecular flexibility index (Phi) is 6.70. The van der Waals surface area contributed by atoms with E-state index in [1.165, 1.54) is 36.4 Å². The molecule has 0 saturated carbocycles. The minimum Gasteiger partial charge on any atom is -0.348 e. The van der Waals surface area contributed by atoms with Gasteiger partial charge < -0.3 is 10.0 Å². The average molecular weight is 605 g/mol. The molecule has 0 atom stereocenters. The number of halogens is 3. The number of anilines is 1. The van der Waals surface area contributed by atoms with Gasteiger partial charge in [0.1, 0.15) is 10.7 Å². The molecular formula is C20H15ClFIN4O3S2. The topological polar surface area (TPSA) is 90.5 Å². The molecule has 2 aromatic rings. The van der Waals surface area contributed by atoms with Crippen molar-refractivity contribution in [1.29, 1.82) is 0 Å². The number of nitrogens with zero attached hydrogens (tertiary/aromatic N) is 1. The second-order valence-electron chi connectivity index (χ2n) is 6.65. The van der Waals surface area contributed by atoms with Crippen molar-refractivity contribution >= 4 is 67.9 Å². The summed E-state index contributed by atoms with van der Waals surface area (Å²) in [5.74, 6) is -0.980. The molecule has 4 rings (SSSR count). The summed E-state index contributed by atoms with van der Waals surface area (Å²) in [6, 6.07) is 8.69. The van der Waals surface area contributed by atoms with E-state index in [0.717, 1.165) is 9.64 Å². The minimum atomic E-state index is -3.99. The lowest BCUT2D eigenvalue weighted by Gasteiger charge is -2.21. The molecule has 0 saturated heterocycles. The Hall–Kier alpha value is -2.22.